The zero-order valence-electron chi connectivity index (χ0n) is 10.5. The first-order chi connectivity index (χ1) is 9.32. The summed E-state index contributed by atoms with van der Waals surface area (Å²) < 4.78 is 0. The minimum atomic E-state index is -0.939. The van der Waals surface area contributed by atoms with Gasteiger partial charge < -0.3 is 10.4 Å². The molecule has 0 bridgehead atoms. The summed E-state index contributed by atoms with van der Waals surface area (Å²) in [6.45, 7) is 1.75. The van der Waals surface area contributed by atoms with E-state index in [2.05, 4.69) is 5.32 Å². The van der Waals surface area contributed by atoms with Gasteiger partial charge in [-0.25, -0.2) is 0 Å². The molecule has 0 unspecified atom stereocenters. The molecular formula is C13H12Cl3NO3. The fraction of sp³-hybridized carbons (Fsp3) is 0.385. The van der Waals surface area contributed by atoms with Crippen molar-refractivity contribution >= 4 is 46.7 Å². The van der Waals surface area contributed by atoms with Crippen molar-refractivity contribution in [1.29, 1.82) is 0 Å². The Balaban J connectivity index is 2.06. The highest BCUT2D eigenvalue weighted by molar-refractivity contribution is 6.48. The van der Waals surface area contributed by atoms with Gasteiger partial charge >= 0.3 is 5.97 Å². The second-order valence-corrected chi connectivity index (χ2v) is 5.94. The number of benzene rings is 1. The highest BCUT2D eigenvalue weighted by Gasteiger charge is 2.48. The summed E-state index contributed by atoms with van der Waals surface area (Å²) >= 11 is 17.9. The Morgan fingerprint density at radius 1 is 1.25 bits per heavy atom. The number of halogens is 3. The largest absolute Gasteiger partial charge is 0.481 e. The molecule has 1 aromatic carbocycles. The van der Waals surface area contributed by atoms with E-state index in [1.54, 1.807) is 19.1 Å². The lowest BCUT2D eigenvalue weighted by atomic mass is 10.1. The molecule has 7 heteroatoms. The monoisotopic (exact) mass is 335 g/mol. The van der Waals surface area contributed by atoms with Gasteiger partial charge in [0.25, 0.3) is 0 Å². The van der Waals surface area contributed by atoms with Gasteiger partial charge in [0, 0.05) is 0 Å². The Morgan fingerprint density at radius 3 is 2.45 bits per heavy atom. The van der Waals surface area contributed by atoms with Gasteiger partial charge in [-0.05, 0) is 25.0 Å². The van der Waals surface area contributed by atoms with Crippen molar-refractivity contribution in [2.45, 2.75) is 19.4 Å². The number of carbonyl (C=O) groups is 2. The van der Waals surface area contributed by atoms with Crippen LogP contribution in [0, 0.1) is 11.8 Å². The predicted octanol–water partition coefficient (Wildman–Crippen LogP) is 3.54. The highest BCUT2D eigenvalue weighted by Crippen LogP contribution is 2.40. The van der Waals surface area contributed by atoms with Gasteiger partial charge in [0.05, 0.1) is 32.9 Å². The summed E-state index contributed by atoms with van der Waals surface area (Å²) in [7, 11) is 0. The number of rotatable bonds is 4. The van der Waals surface area contributed by atoms with Crippen molar-refractivity contribution in [3.63, 3.8) is 0 Å². The lowest BCUT2D eigenvalue weighted by Crippen LogP contribution is -2.29. The molecule has 0 saturated heterocycles. The summed E-state index contributed by atoms with van der Waals surface area (Å²) in [5.41, 5.74) is 0.641. The van der Waals surface area contributed by atoms with E-state index in [1.807, 2.05) is 0 Å². The van der Waals surface area contributed by atoms with Crippen LogP contribution in [0.25, 0.3) is 0 Å². The number of carboxylic acid groups (broad SMARTS) is 1. The summed E-state index contributed by atoms with van der Waals surface area (Å²) in [5.74, 6) is -2.26. The van der Waals surface area contributed by atoms with E-state index in [9.17, 15) is 9.59 Å². The molecule has 4 nitrogen and oxygen atoms in total. The van der Waals surface area contributed by atoms with Crippen molar-refractivity contribution in [2.24, 2.45) is 11.8 Å². The first-order valence-corrected chi connectivity index (χ1v) is 7.13. The zero-order chi connectivity index (χ0) is 15.0. The minimum Gasteiger partial charge on any atom is -0.481 e. The van der Waals surface area contributed by atoms with E-state index in [1.165, 1.54) is 0 Å². The molecular weight excluding hydrogens is 325 g/mol. The fourth-order valence-corrected chi connectivity index (χ4v) is 2.74. The Bertz CT molecular complexity index is 576. The van der Waals surface area contributed by atoms with Crippen LogP contribution >= 0.6 is 34.8 Å². The molecule has 0 aliphatic heterocycles. The molecule has 0 heterocycles. The summed E-state index contributed by atoms with van der Waals surface area (Å²) in [5, 5.41) is 12.4. The second-order valence-electron chi connectivity index (χ2n) is 4.78. The molecule has 1 aromatic rings. The predicted molar refractivity (Wildman–Crippen MR) is 77.3 cm³/mol. The lowest BCUT2D eigenvalue weighted by molar-refractivity contribution is -0.140. The molecule has 1 fully saturated rings. The first-order valence-electron chi connectivity index (χ1n) is 5.99. The van der Waals surface area contributed by atoms with Crippen LogP contribution in [0.5, 0.6) is 0 Å². The normalized spacial score (nSPS) is 22.2. The average Bonchev–Trinajstić information content (AvgIpc) is 3.16. The standard InChI is InChI=1S/C13H12Cl3NO3/c1-5(6-2-3-9(14)11(16)10(6)15)17-12(18)7-4-8(7)13(19)20/h2-3,5,7-8H,4H2,1H3,(H,17,18)(H,19,20)/t5-,7+,8-/m0/s1. The molecule has 1 saturated carbocycles. The number of aliphatic carboxylic acids is 1. The topological polar surface area (TPSA) is 66.4 Å². The third-order valence-electron chi connectivity index (χ3n) is 3.33. The van der Waals surface area contributed by atoms with Gasteiger partial charge in [-0.1, -0.05) is 40.9 Å². The number of carbonyl (C=O) groups excluding carboxylic acids is 1. The minimum absolute atomic E-state index is 0.238. The van der Waals surface area contributed by atoms with Gasteiger partial charge in [-0.3, -0.25) is 9.59 Å². The number of amides is 1. The second kappa shape index (κ2) is 5.80. The van der Waals surface area contributed by atoms with Crippen molar-refractivity contribution in [2.75, 3.05) is 0 Å². The Kier molecular flexibility index (Phi) is 4.47. The van der Waals surface area contributed by atoms with Gasteiger partial charge in [0.2, 0.25) is 5.91 Å². The van der Waals surface area contributed by atoms with E-state index in [0.717, 1.165) is 0 Å². The van der Waals surface area contributed by atoms with Gasteiger partial charge in [0.1, 0.15) is 0 Å². The van der Waals surface area contributed by atoms with E-state index < -0.39 is 17.8 Å². The SMILES string of the molecule is C[C@H](NC(=O)[C@@H]1C[C@@H]1C(=O)O)c1ccc(Cl)c(Cl)c1Cl. The van der Waals surface area contributed by atoms with Crippen LogP contribution in [0.3, 0.4) is 0 Å². The van der Waals surface area contributed by atoms with E-state index in [4.69, 9.17) is 39.9 Å². The average molecular weight is 337 g/mol. The number of hydrogen-bond acceptors (Lipinski definition) is 2. The highest BCUT2D eigenvalue weighted by atomic mass is 35.5. The fourth-order valence-electron chi connectivity index (χ4n) is 2.03. The molecule has 0 radical (unpaired) electrons. The van der Waals surface area contributed by atoms with Crippen LogP contribution in [-0.4, -0.2) is 17.0 Å². The number of nitrogens with one attached hydrogen (secondary N) is 1. The Hall–Kier alpha value is -0.970. The van der Waals surface area contributed by atoms with Gasteiger partial charge in [-0.2, -0.15) is 0 Å². The Labute approximate surface area is 131 Å². The molecule has 2 rings (SSSR count). The molecule has 3 atom stereocenters. The van der Waals surface area contributed by atoms with Crippen molar-refractivity contribution < 1.29 is 14.7 Å². The van der Waals surface area contributed by atoms with E-state index in [0.29, 0.717) is 17.0 Å². The van der Waals surface area contributed by atoms with Gasteiger partial charge in [0.15, 0.2) is 0 Å². The summed E-state index contributed by atoms with van der Waals surface area (Å²) in [6.07, 6.45) is 0.378. The van der Waals surface area contributed by atoms with Crippen LogP contribution in [0.2, 0.25) is 15.1 Å². The third-order valence-corrected chi connectivity index (χ3v) is 4.64. The van der Waals surface area contributed by atoms with Crippen molar-refractivity contribution in [1.82, 2.24) is 5.32 Å². The van der Waals surface area contributed by atoms with Gasteiger partial charge in [-0.15, -0.1) is 0 Å². The van der Waals surface area contributed by atoms with Crippen molar-refractivity contribution in [3.8, 4) is 0 Å². The molecule has 1 aliphatic carbocycles. The smallest absolute Gasteiger partial charge is 0.307 e. The quantitative estimate of drug-likeness (QED) is 0.826. The summed E-state index contributed by atoms with van der Waals surface area (Å²) in [6, 6.07) is 2.91. The van der Waals surface area contributed by atoms with Crippen LogP contribution < -0.4 is 5.32 Å². The van der Waals surface area contributed by atoms with E-state index in [-0.39, 0.29) is 22.0 Å². The molecule has 20 heavy (non-hydrogen) atoms. The maximum atomic E-state index is 11.9. The van der Waals surface area contributed by atoms with Crippen molar-refractivity contribution in [3.05, 3.63) is 32.8 Å². The Morgan fingerprint density at radius 2 is 1.90 bits per heavy atom. The van der Waals surface area contributed by atoms with Crippen LogP contribution in [0.4, 0.5) is 0 Å². The molecule has 2 N–H and O–H groups in total. The first kappa shape index (κ1) is 15.4. The molecule has 108 valence electrons. The molecule has 1 aliphatic rings. The van der Waals surface area contributed by atoms with E-state index >= 15 is 0 Å². The van der Waals surface area contributed by atoms with Crippen LogP contribution in [-0.2, 0) is 9.59 Å². The third kappa shape index (κ3) is 3.03. The van der Waals surface area contributed by atoms with Crippen LogP contribution in [0.15, 0.2) is 12.1 Å². The molecule has 0 aromatic heterocycles. The summed E-state index contributed by atoms with van der Waals surface area (Å²) in [4.78, 5) is 22.6. The van der Waals surface area contributed by atoms with Crippen LogP contribution in [0.1, 0.15) is 24.9 Å². The maximum absolute atomic E-state index is 11.9. The zero-order valence-corrected chi connectivity index (χ0v) is 12.8. The number of hydrogen-bond donors (Lipinski definition) is 2. The number of carboxylic acids is 1. The maximum Gasteiger partial charge on any atom is 0.307 e. The molecule has 1 amide bonds. The molecule has 0 spiro atoms. The lowest BCUT2D eigenvalue weighted by Gasteiger charge is -2.16.